The maximum Gasteiger partial charge on any atom is 0.410 e. The fourth-order valence-electron chi connectivity index (χ4n) is 2.49. The Morgan fingerprint density at radius 2 is 2.12 bits per heavy atom. The van der Waals surface area contributed by atoms with Crippen molar-refractivity contribution in [3.8, 4) is 11.5 Å². The summed E-state index contributed by atoms with van der Waals surface area (Å²) in [5, 5.41) is 0. The summed E-state index contributed by atoms with van der Waals surface area (Å²) < 4.78 is 17.3. The number of nitrogens with zero attached hydrogens (tertiary/aromatic N) is 1. The van der Waals surface area contributed by atoms with Crippen LogP contribution in [0.3, 0.4) is 0 Å². The number of carbonyl (C=O) groups is 1. The molecule has 1 aliphatic heterocycles. The van der Waals surface area contributed by atoms with Crippen LogP contribution in [0.1, 0.15) is 53.0 Å². The van der Waals surface area contributed by atoms with Crippen molar-refractivity contribution >= 4 is 6.09 Å². The highest BCUT2D eigenvalue weighted by Gasteiger charge is 2.30. The molecule has 1 aliphatic rings. The summed E-state index contributed by atoms with van der Waals surface area (Å²) in [6.07, 6.45) is 1.75. The van der Waals surface area contributed by atoms with E-state index in [1.807, 2.05) is 45.9 Å². The Morgan fingerprint density at radius 3 is 2.79 bits per heavy atom. The third-order valence-electron chi connectivity index (χ3n) is 3.81. The van der Waals surface area contributed by atoms with Crippen molar-refractivity contribution in [1.29, 1.82) is 0 Å². The molecule has 5 heteroatoms. The predicted octanol–water partition coefficient (Wildman–Crippen LogP) is 4.38. The molecule has 0 spiro atoms. The molecule has 24 heavy (non-hydrogen) atoms. The highest BCUT2D eigenvalue weighted by atomic mass is 16.6. The van der Waals surface area contributed by atoms with Gasteiger partial charge in [0.25, 0.3) is 0 Å². The number of amides is 1. The van der Waals surface area contributed by atoms with Crippen molar-refractivity contribution in [3.63, 3.8) is 0 Å². The normalized spacial score (nSPS) is 17.5. The fraction of sp³-hybridized carbons (Fsp3) is 0.632. The molecule has 0 aliphatic carbocycles. The summed E-state index contributed by atoms with van der Waals surface area (Å²) in [5.74, 6) is 1.56. The molecule has 2 rings (SSSR count). The summed E-state index contributed by atoms with van der Waals surface area (Å²) in [4.78, 5) is 14.3. The second-order valence-electron chi connectivity index (χ2n) is 7.20. The van der Waals surface area contributed by atoms with E-state index >= 15 is 0 Å². The van der Waals surface area contributed by atoms with Gasteiger partial charge in [-0.05, 0) is 46.2 Å². The van der Waals surface area contributed by atoms with Crippen LogP contribution in [0.5, 0.6) is 11.5 Å². The van der Waals surface area contributed by atoms with Crippen molar-refractivity contribution in [2.24, 2.45) is 0 Å². The molecule has 5 nitrogen and oxygen atoms in total. The summed E-state index contributed by atoms with van der Waals surface area (Å²) >= 11 is 0. The molecule has 0 saturated carbocycles. The van der Waals surface area contributed by atoms with Crippen LogP contribution in [0.4, 0.5) is 4.79 Å². The van der Waals surface area contributed by atoms with Crippen LogP contribution >= 0.6 is 0 Å². The molecule has 1 aromatic rings. The van der Waals surface area contributed by atoms with Crippen LogP contribution in [-0.4, -0.2) is 35.8 Å². The molecule has 0 saturated heterocycles. The Hall–Kier alpha value is -1.91. The van der Waals surface area contributed by atoms with Gasteiger partial charge in [-0.3, -0.25) is 4.90 Å². The summed E-state index contributed by atoms with van der Waals surface area (Å²) in [7, 11) is 0. The SMILES string of the molecule is CCCCOc1cccc2c1CN(C(=O)OC(C)(C)C)[C@@H](C)CO2. The molecular formula is C19H29NO4. The first-order chi connectivity index (χ1) is 11.3. The minimum Gasteiger partial charge on any atom is -0.493 e. The number of fused-ring (bicyclic) bond motifs is 1. The number of hydrogen-bond donors (Lipinski definition) is 0. The first-order valence-electron chi connectivity index (χ1n) is 8.69. The molecule has 0 N–H and O–H groups in total. The first kappa shape index (κ1) is 18.4. The summed E-state index contributed by atoms with van der Waals surface area (Å²) in [6.45, 7) is 11.2. The molecule has 0 aromatic heterocycles. The molecule has 0 bridgehead atoms. The number of ether oxygens (including phenoxy) is 3. The van der Waals surface area contributed by atoms with Crippen molar-refractivity contribution in [2.45, 2.75) is 65.6 Å². The van der Waals surface area contributed by atoms with Gasteiger partial charge in [-0.15, -0.1) is 0 Å². The Morgan fingerprint density at radius 1 is 1.38 bits per heavy atom. The van der Waals surface area contributed by atoms with Gasteiger partial charge in [-0.25, -0.2) is 4.79 Å². The van der Waals surface area contributed by atoms with E-state index in [0.29, 0.717) is 19.8 Å². The molecule has 1 atom stereocenters. The lowest BCUT2D eigenvalue weighted by Gasteiger charge is -2.30. The van der Waals surface area contributed by atoms with E-state index in [4.69, 9.17) is 14.2 Å². The Labute approximate surface area is 144 Å². The Balaban J connectivity index is 2.22. The van der Waals surface area contributed by atoms with Crippen LogP contribution in [0.15, 0.2) is 18.2 Å². The van der Waals surface area contributed by atoms with Gasteiger partial charge in [-0.2, -0.15) is 0 Å². The van der Waals surface area contributed by atoms with Gasteiger partial charge < -0.3 is 14.2 Å². The topological polar surface area (TPSA) is 48.0 Å². The number of benzene rings is 1. The maximum absolute atomic E-state index is 12.6. The van der Waals surface area contributed by atoms with Crippen molar-refractivity contribution in [2.75, 3.05) is 13.2 Å². The van der Waals surface area contributed by atoms with Crippen LogP contribution in [0.25, 0.3) is 0 Å². The predicted molar refractivity (Wildman–Crippen MR) is 93.6 cm³/mol. The standard InChI is InChI=1S/C19H29NO4/c1-6-7-11-22-16-9-8-10-17-15(16)12-20(14(2)13-23-17)18(21)24-19(3,4)5/h8-10,14H,6-7,11-13H2,1-5H3/t14-/m0/s1. The van der Waals surface area contributed by atoms with E-state index in [1.165, 1.54) is 0 Å². The second-order valence-corrected chi connectivity index (χ2v) is 7.20. The number of carbonyl (C=O) groups excluding carboxylic acids is 1. The summed E-state index contributed by atoms with van der Waals surface area (Å²) in [5.41, 5.74) is 0.382. The van der Waals surface area contributed by atoms with Crippen LogP contribution < -0.4 is 9.47 Å². The average molecular weight is 335 g/mol. The van der Waals surface area contributed by atoms with E-state index < -0.39 is 5.60 Å². The molecule has 1 heterocycles. The minimum atomic E-state index is -0.524. The van der Waals surface area contributed by atoms with Gasteiger partial charge >= 0.3 is 6.09 Å². The highest BCUT2D eigenvalue weighted by molar-refractivity contribution is 5.69. The third kappa shape index (κ3) is 4.79. The van der Waals surface area contributed by atoms with E-state index in [9.17, 15) is 4.79 Å². The van der Waals surface area contributed by atoms with Gasteiger partial charge in [0, 0.05) is 0 Å². The number of hydrogen-bond acceptors (Lipinski definition) is 4. The van der Waals surface area contributed by atoms with E-state index in [0.717, 1.165) is 29.9 Å². The quantitative estimate of drug-likeness (QED) is 0.766. The molecule has 0 fully saturated rings. The van der Waals surface area contributed by atoms with E-state index in [2.05, 4.69) is 6.92 Å². The largest absolute Gasteiger partial charge is 0.493 e. The van der Waals surface area contributed by atoms with E-state index in [-0.39, 0.29) is 12.1 Å². The van der Waals surface area contributed by atoms with Crippen LogP contribution in [-0.2, 0) is 11.3 Å². The highest BCUT2D eigenvalue weighted by Crippen LogP contribution is 2.33. The zero-order valence-corrected chi connectivity index (χ0v) is 15.4. The number of rotatable bonds is 4. The van der Waals surface area contributed by atoms with E-state index in [1.54, 1.807) is 4.90 Å². The lowest BCUT2D eigenvalue weighted by Crippen LogP contribution is -2.43. The van der Waals surface area contributed by atoms with Gasteiger partial charge in [-0.1, -0.05) is 19.4 Å². The van der Waals surface area contributed by atoms with Gasteiger partial charge in [0.05, 0.1) is 24.8 Å². The molecule has 1 aromatic carbocycles. The Bertz CT molecular complexity index is 565. The molecular weight excluding hydrogens is 306 g/mol. The first-order valence-corrected chi connectivity index (χ1v) is 8.69. The monoisotopic (exact) mass is 335 g/mol. The maximum atomic E-state index is 12.6. The molecule has 0 radical (unpaired) electrons. The zero-order valence-electron chi connectivity index (χ0n) is 15.4. The zero-order chi connectivity index (χ0) is 17.7. The molecule has 134 valence electrons. The minimum absolute atomic E-state index is 0.0734. The van der Waals surface area contributed by atoms with Gasteiger partial charge in [0.2, 0.25) is 0 Å². The van der Waals surface area contributed by atoms with Crippen molar-refractivity contribution in [1.82, 2.24) is 4.90 Å². The average Bonchev–Trinajstić information content (AvgIpc) is 2.66. The summed E-state index contributed by atoms with van der Waals surface area (Å²) in [6, 6.07) is 5.71. The Kier molecular flexibility index (Phi) is 5.97. The molecule has 0 unspecified atom stereocenters. The fourth-order valence-corrected chi connectivity index (χ4v) is 2.49. The van der Waals surface area contributed by atoms with Crippen molar-refractivity contribution in [3.05, 3.63) is 23.8 Å². The van der Waals surface area contributed by atoms with Crippen LogP contribution in [0.2, 0.25) is 0 Å². The van der Waals surface area contributed by atoms with Gasteiger partial charge in [0.15, 0.2) is 0 Å². The number of unbranched alkanes of at least 4 members (excludes halogenated alkanes) is 1. The van der Waals surface area contributed by atoms with Gasteiger partial charge in [0.1, 0.15) is 23.7 Å². The third-order valence-corrected chi connectivity index (χ3v) is 3.81. The lowest BCUT2D eigenvalue weighted by atomic mass is 10.1. The van der Waals surface area contributed by atoms with Crippen molar-refractivity contribution < 1.29 is 19.0 Å². The lowest BCUT2D eigenvalue weighted by molar-refractivity contribution is 0.0132. The van der Waals surface area contributed by atoms with Crippen LogP contribution in [0, 0.1) is 0 Å². The second kappa shape index (κ2) is 7.77. The smallest absolute Gasteiger partial charge is 0.410 e. The molecule has 1 amide bonds.